The van der Waals surface area contributed by atoms with Crippen LogP contribution in [0.4, 0.5) is 18.0 Å². The van der Waals surface area contributed by atoms with Gasteiger partial charge < -0.3 is 24.6 Å². The van der Waals surface area contributed by atoms with Gasteiger partial charge in [0.2, 0.25) is 0 Å². The summed E-state index contributed by atoms with van der Waals surface area (Å²) in [6.07, 6.45) is -2.45. The number of rotatable bonds is 19. The molecule has 0 unspecified atom stereocenters. The van der Waals surface area contributed by atoms with Crippen LogP contribution < -0.4 is 10.1 Å². The number of urea groups is 1. The fraction of sp³-hybridized carbons (Fsp3) is 0.600. The molecule has 0 heterocycles. The van der Waals surface area contributed by atoms with Crippen molar-refractivity contribution in [3.05, 3.63) is 65.2 Å². The van der Waals surface area contributed by atoms with Gasteiger partial charge in [-0.1, -0.05) is 53.2 Å². The highest BCUT2D eigenvalue weighted by molar-refractivity contribution is 5.94. The number of nitrogens with zero attached hydrogens (tertiary/aromatic N) is 3. The number of nitrogens with one attached hydrogen (secondary N) is 1. The third-order valence-corrected chi connectivity index (χ3v) is 8.41. The van der Waals surface area contributed by atoms with Crippen molar-refractivity contribution in [1.29, 1.82) is 0 Å². The van der Waals surface area contributed by atoms with E-state index in [1.54, 1.807) is 24.3 Å². The second kappa shape index (κ2) is 19.4. The number of carbonyl (C=O) groups excluding carboxylic acids is 2. The van der Waals surface area contributed by atoms with Crippen LogP contribution in [0, 0.1) is 5.92 Å². The fourth-order valence-corrected chi connectivity index (χ4v) is 5.44. The van der Waals surface area contributed by atoms with Crippen LogP contribution in [0.3, 0.4) is 0 Å². The Bertz CT molecular complexity index is 1170. The lowest BCUT2D eigenvalue weighted by Crippen LogP contribution is -2.53. The number of likely N-dealkylation sites (N-methyl/N-ethyl adjacent to an activating group) is 2. The van der Waals surface area contributed by atoms with Crippen LogP contribution in [0.1, 0.15) is 94.8 Å². The van der Waals surface area contributed by atoms with Gasteiger partial charge in [-0.15, -0.1) is 0 Å². The summed E-state index contributed by atoms with van der Waals surface area (Å²) in [5.41, 5.74) is 0.396. The van der Waals surface area contributed by atoms with E-state index in [2.05, 4.69) is 24.1 Å². The van der Waals surface area contributed by atoms with Crippen molar-refractivity contribution in [3.8, 4) is 5.75 Å². The Morgan fingerprint density at radius 3 is 1.93 bits per heavy atom. The van der Waals surface area contributed by atoms with Crippen LogP contribution in [0.5, 0.6) is 5.75 Å². The Kier molecular flexibility index (Phi) is 16.4. The molecule has 2 rings (SSSR count). The molecule has 0 aliphatic rings. The number of benzene rings is 2. The maximum absolute atomic E-state index is 13.8. The maximum Gasteiger partial charge on any atom is 0.416 e. The molecule has 8 nitrogen and oxygen atoms in total. The molecule has 0 fully saturated rings. The van der Waals surface area contributed by atoms with Crippen LogP contribution in [0.15, 0.2) is 48.5 Å². The van der Waals surface area contributed by atoms with E-state index in [4.69, 9.17) is 9.47 Å². The Hall–Kier alpha value is -3.31. The summed E-state index contributed by atoms with van der Waals surface area (Å²) >= 11 is 0. The Labute approximate surface area is 273 Å². The van der Waals surface area contributed by atoms with Crippen molar-refractivity contribution >= 4 is 11.9 Å². The van der Waals surface area contributed by atoms with E-state index in [-0.39, 0.29) is 18.6 Å². The first-order valence-electron chi connectivity index (χ1n) is 16.5. The number of carbonyl (C=O) groups is 2. The van der Waals surface area contributed by atoms with E-state index in [0.717, 1.165) is 44.6 Å². The standard InChI is InChI=1S/C35H53F3N4O4/c1-8-14-31(27-15-19-29(20-16-27)35(36,37)38)39-34(44)42(25-45-7)33(26(9-2)10-3)46-30-21-17-28(18-22-30)32(43)41(13-6)24-23-40(11-4)12-5/h15-22,26,31,33H,8-14,23-25H2,1-7H3,(H,39,44)/t31-,33+/m1/s1. The second-order valence-corrected chi connectivity index (χ2v) is 11.3. The van der Waals surface area contributed by atoms with Crippen LogP contribution in [-0.2, 0) is 10.9 Å². The van der Waals surface area contributed by atoms with Gasteiger partial charge in [-0.25, -0.2) is 4.79 Å². The second-order valence-electron chi connectivity index (χ2n) is 11.3. The number of hydrogen-bond donors (Lipinski definition) is 1. The molecular formula is C35H53F3N4O4. The molecule has 1 N–H and O–H groups in total. The summed E-state index contributed by atoms with van der Waals surface area (Å²) < 4.78 is 51.3. The van der Waals surface area contributed by atoms with Crippen molar-refractivity contribution in [2.45, 2.75) is 85.7 Å². The van der Waals surface area contributed by atoms with Crippen molar-refractivity contribution in [2.24, 2.45) is 5.92 Å². The molecule has 2 aromatic carbocycles. The first-order valence-corrected chi connectivity index (χ1v) is 16.5. The average molecular weight is 651 g/mol. The highest BCUT2D eigenvalue weighted by Gasteiger charge is 2.33. The van der Waals surface area contributed by atoms with Gasteiger partial charge in [-0.2, -0.15) is 13.2 Å². The van der Waals surface area contributed by atoms with E-state index in [1.165, 1.54) is 24.1 Å². The summed E-state index contributed by atoms with van der Waals surface area (Å²) in [6.45, 7) is 16.0. The summed E-state index contributed by atoms with van der Waals surface area (Å²) in [4.78, 5) is 32.7. The number of methoxy groups -OCH3 is 1. The predicted octanol–water partition coefficient (Wildman–Crippen LogP) is 7.81. The predicted molar refractivity (Wildman–Crippen MR) is 176 cm³/mol. The molecule has 0 aliphatic carbocycles. The van der Waals surface area contributed by atoms with Crippen molar-refractivity contribution < 1.29 is 32.2 Å². The molecule has 11 heteroatoms. The molecule has 0 radical (unpaired) electrons. The van der Waals surface area contributed by atoms with Crippen LogP contribution in [0.25, 0.3) is 0 Å². The maximum atomic E-state index is 13.8. The van der Waals surface area contributed by atoms with Gasteiger partial charge in [0.25, 0.3) is 5.91 Å². The van der Waals surface area contributed by atoms with Crippen LogP contribution in [0.2, 0.25) is 0 Å². The zero-order chi connectivity index (χ0) is 34.3. The first-order chi connectivity index (χ1) is 22.0. The topological polar surface area (TPSA) is 74.3 Å². The van der Waals surface area contributed by atoms with Crippen LogP contribution >= 0.6 is 0 Å². The number of alkyl halides is 3. The average Bonchev–Trinajstić information content (AvgIpc) is 3.05. The molecule has 0 aromatic heterocycles. The zero-order valence-electron chi connectivity index (χ0n) is 28.5. The molecule has 2 atom stereocenters. The molecule has 2 aromatic rings. The monoisotopic (exact) mass is 650 g/mol. The van der Waals surface area contributed by atoms with Crippen LogP contribution in [-0.4, -0.2) is 79.4 Å². The molecule has 0 aliphatic heterocycles. The molecule has 0 saturated heterocycles. The van der Waals surface area contributed by atoms with Crippen molar-refractivity contribution in [1.82, 2.24) is 20.0 Å². The largest absolute Gasteiger partial charge is 0.470 e. The number of halogens is 3. The third kappa shape index (κ3) is 11.2. The van der Waals surface area contributed by atoms with E-state index in [1.807, 2.05) is 32.6 Å². The number of hydrogen-bond acceptors (Lipinski definition) is 5. The molecule has 46 heavy (non-hydrogen) atoms. The summed E-state index contributed by atoms with van der Waals surface area (Å²) in [5.74, 6) is 0.401. The summed E-state index contributed by atoms with van der Waals surface area (Å²) in [5, 5.41) is 3.01. The minimum atomic E-state index is -4.44. The zero-order valence-corrected chi connectivity index (χ0v) is 28.5. The lowest BCUT2D eigenvalue weighted by atomic mass is 9.99. The van der Waals surface area contributed by atoms with Crippen molar-refractivity contribution in [3.63, 3.8) is 0 Å². The third-order valence-electron chi connectivity index (χ3n) is 8.41. The van der Waals surface area contributed by atoms with Gasteiger partial charge in [0.1, 0.15) is 12.5 Å². The minimum absolute atomic E-state index is 0.0476. The quantitative estimate of drug-likeness (QED) is 0.157. The smallest absolute Gasteiger partial charge is 0.416 e. The first kappa shape index (κ1) is 38.9. The number of amides is 3. The number of ether oxygens (including phenoxy) is 2. The van der Waals surface area contributed by atoms with Gasteiger partial charge >= 0.3 is 12.2 Å². The summed E-state index contributed by atoms with van der Waals surface area (Å²) in [6, 6.07) is 10.9. The summed E-state index contributed by atoms with van der Waals surface area (Å²) in [7, 11) is 1.49. The van der Waals surface area contributed by atoms with Gasteiger partial charge in [0, 0.05) is 38.2 Å². The van der Waals surface area contributed by atoms with Gasteiger partial charge in [-0.3, -0.25) is 9.69 Å². The lowest BCUT2D eigenvalue weighted by Gasteiger charge is -2.37. The van der Waals surface area contributed by atoms with Gasteiger partial charge in [0.05, 0.1) is 11.6 Å². The molecule has 3 amide bonds. The molecule has 0 bridgehead atoms. The fourth-order valence-electron chi connectivity index (χ4n) is 5.44. The molecule has 0 spiro atoms. The Morgan fingerprint density at radius 2 is 1.46 bits per heavy atom. The van der Waals surface area contributed by atoms with E-state index in [0.29, 0.717) is 42.8 Å². The molecular weight excluding hydrogens is 597 g/mol. The normalized spacial score (nSPS) is 13.0. The van der Waals surface area contributed by atoms with Gasteiger partial charge in [-0.05, 0) is 81.2 Å². The van der Waals surface area contributed by atoms with Gasteiger partial charge in [0.15, 0.2) is 6.23 Å². The van der Waals surface area contributed by atoms with E-state index in [9.17, 15) is 22.8 Å². The highest BCUT2D eigenvalue weighted by Crippen LogP contribution is 2.31. The lowest BCUT2D eigenvalue weighted by molar-refractivity contribution is -0.137. The highest BCUT2D eigenvalue weighted by atomic mass is 19.4. The molecule has 0 saturated carbocycles. The Morgan fingerprint density at radius 1 is 0.848 bits per heavy atom. The van der Waals surface area contributed by atoms with E-state index >= 15 is 0 Å². The van der Waals surface area contributed by atoms with Crippen molar-refractivity contribution in [2.75, 3.05) is 46.6 Å². The minimum Gasteiger partial charge on any atom is -0.470 e. The SMILES string of the molecule is CCC[C@@H](NC(=O)N(COC)[C@@H](Oc1ccc(C(=O)N(CC)CCN(CC)CC)cc1)C(CC)CC)c1ccc(C(F)(F)F)cc1. The Balaban J connectivity index is 2.29. The van der Waals surface area contributed by atoms with E-state index < -0.39 is 30.0 Å². The molecule has 258 valence electrons.